The number of nitrogens with one attached hydrogen (secondary N) is 1. The number of halogens is 1. The normalized spacial score (nSPS) is 20.5. The van der Waals surface area contributed by atoms with E-state index in [4.69, 9.17) is 20.8 Å². The standard InChI is InChI=1S/C29H35FN6O/c1-37-26-11-13-35(14-12-26)24-7-9-25(10-8-24)36-28(21-5-6-22(18-31)27(30)16-21)17-29(34-36)33-19-20-3-2-4-23(32)15-20/h5-10,16-17,20,23,26H,2-4,11-15,19,32H2,1H3,(H,33,34)/t20-,23-/m0/s1. The van der Waals surface area contributed by atoms with Crippen molar-refractivity contribution in [2.75, 3.05) is 37.0 Å². The fourth-order valence-corrected chi connectivity index (χ4v) is 5.56. The lowest BCUT2D eigenvalue weighted by Crippen LogP contribution is -2.36. The maximum absolute atomic E-state index is 14.5. The van der Waals surface area contributed by atoms with Crippen LogP contribution >= 0.6 is 0 Å². The van der Waals surface area contributed by atoms with Crippen LogP contribution in [0.4, 0.5) is 15.9 Å². The summed E-state index contributed by atoms with van der Waals surface area (Å²) in [7, 11) is 1.78. The number of piperidine rings is 1. The van der Waals surface area contributed by atoms with E-state index in [9.17, 15) is 4.39 Å². The SMILES string of the molecule is COC1CCN(c2ccc(-n3nc(NC[C@H]4CCC[C@H](N)C4)cc3-c3ccc(C#N)c(F)c3)cc2)CC1. The first-order chi connectivity index (χ1) is 18.0. The third-order valence-corrected chi connectivity index (χ3v) is 7.72. The summed E-state index contributed by atoms with van der Waals surface area (Å²) in [5.74, 6) is 0.726. The summed E-state index contributed by atoms with van der Waals surface area (Å²) in [5, 5.41) is 17.5. The molecular formula is C29H35FN6O. The van der Waals surface area contributed by atoms with Gasteiger partial charge in [-0.2, -0.15) is 5.26 Å². The van der Waals surface area contributed by atoms with Gasteiger partial charge in [0.15, 0.2) is 0 Å². The zero-order valence-corrected chi connectivity index (χ0v) is 21.4. The second-order valence-electron chi connectivity index (χ2n) is 10.2. The number of hydrogen-bond donors (Lipinski definition) is 2. The molecular weight excluding hydrogens is 467 g/mol. The van der Waals surface area contributed by atoms with Crippen molar-refractivity contribution in [1.82, 2.24) is 9.78 Å². The molecule has 0 spiro atoms. The fraction of sp³-hybridized carbons (Fsp3) is 0.448. The number of hydrogen-bond acceptors (Lipinski definition) is 6. The van der Waals surface area contributed by atoms with Gasteiger partial charge in [-0.05, 0) is 74.4 Å². The van der Waals surface area contributed by atoms with Crippen LogP contribution in [0.15, 0.2) is 48.5 Å². The van der Waals surface area contributed by atoms with Gasteiger partial charge in [-0.25, -0.2) is 9.07 Å². The van der Waals surface area contributed by atoms with Gasteiger partial charge < -0.3 is 20.7 Å². The molecule has 37 heavy (non-hydrogen) atoms. The highest BCUT2D eigenvalue weighted by Crippen LogP contribution is 2.30. The van der Waals surface area contributed by atoms with Crippen molar-refractivity contribution in [1.29, 1.82) is 5.26 Å². The maximum atomic E-state index is 14.5. The van der Waals surface area contributed by atoms with E-state index in [0.29, 0.717) is 17.6 Å². The van der Waals surface area contributed by atoms with E-state index in [2.05, 4.69) is 34.5 Å². The summed E-state index contributed by atoms with van der Waals surface area (Å²) in [6.07, 6.45) is 6.82. The molecule has 0 unspecified atom stereocenters. The van der Waals surface area contributed by atoms with Gasteiger partial charge in [0.25, 0.3) is 0 Å². The average molecular weight is 503 g/mol. The minimum absolute atomic E-state index is 0.0309. The first kappa shape index (κ1) is 25.2. The third-order valence-electron chi connectivity index (χ3n) is 7.72. The predicted octanol–water partition coefficient (Wildman–Crippen LogP) is 5.09. The smallest absolute Gasteiger partial charge is 0.149 e. The number of benzene rings is 2. The topological polar surface area (TPSA) is 92.1 Å². The zero-order valence-electron chi connectivity index (χ0n) is 21.4. The van der Waals surface area contributed by atoms with E-state index in [0.717, 1.165) is 75.4 Å². The Morgan fingerprint density at radius 3 is 2.51 bits per heavy atom. The first-order valence-corrected chi connectivity index (χ1v) is 13.2. The van der Waals surface area contributed by atoms with Crippen LogP contribution in [0.5, 0.6) is 0 Å². The number of methoxy groups -OCH3 is 1. The molecule has 2 aromatic carbocycles. The number of anilines is 2. The maximum Gasteiger partial charge on any atom is 0.149 e. The monoisotopic (exact) mass is 502 g/mol. The molecule has 0 amide bonds. The van der Waals surface area contributed by atoms with Crippen molar-refractivity contribution in [3.05, 3.63) is 59.9 Å². The first-order valence-electron chi connectivity index (χ1n) is 13.2. The molecule has 3 aromatic rings. The van der Waals surface area contributed by atoms with Gasteiger partial charge in [0.1, 0.15) is 17.7 Å². The summed E-state index contributed by atoms with van der Waals surface area (Å²) in [6, 6.07) is 17.2. The van der Waals surface area contributed by atoms with E-state index in [1.807, 2.05) is 16.8 Å². The Hall–Kier alpha value is -3.41. The van der Waals surface area contributed by atoms with Crippen LogP contribution < -0.4 is 16.0 Å². The van der Waals surface area contributed by atoms with E-state index in [1.54, 1.807) is 13.2 Å². The Morgan fingerprint density at radius 2 is 1.84 bits per heavy atom. The van der Waals surface area contributed by atoms with Gasteiger partial charge in [0.05, 0.1) is 23.0 Å². The quantitative estimate of drug-likeness (QED) is 0.467. The average Bonchev–Trinajstić information content (AvgIpc) is 3.36. The van der Waals surface area contributed by atoms with Gasteiger partial charge in [-0.15, -0.1) is 5.10 Å². The second-order valence-corrected chi connectivity index (χ2v) is 10.2. The fourth-order valence-electron chi connectivity index (χ4n) is 5.56. The van der Waals surface area contributed by atoms with Crippen LogP contribution in [0.25, 0.3) is 16.9 Å². The Bertz CT molecular complexity index is 1240. The molecule has 7 nitrogen and oxygen atoms in total. The van der Waals surface area contributed by atoms with E-state index in [1.165, 1.54) is 17.8 Å². The molecule has 8 heteroatoms. The second kappa shape index (κ2) is 11.3. The lowest BCUT2D eigenvalue weighted by Gasteiger charge is -2.33. The molecule has 1 aromatic heterocycles. The van der Waals surface area contributed by atoms with Crippen molar-refractivity contribution in [3.63, 3.8) is 0 Å². The van der Waals surface area contributed by atoms with Crippen LogP contribution in [0.1, 0.15) is 44.1 Å². The molecule has 2 atom stereocenters. The molecule has 0 radical (unpaired) electrons. The molecule has 2 heterocycles. The van der Waals surface area contributed by atoms with Crippen LogP contribution in [0.3, 0.4) is 0 Å². The molecule has 194 valence electrons. The van der Waals surface area contributed by atoms with Crippen molar-refractivity contribution in [2.45, 2.75) is 50.7 Å². The zero-order chi connectivity index (χ0) is 25.8. The van der Waals surface area contributed by atoms with Crippen molar-refractivity contribution >= 4 is 11.5 Å². The number of nitrogens with two attached hydrogens (primary N) is 1. The molecule has 1 saturated heterocycles. The van der Waals surface area contributed by atoms with Gasteiger partial charge in [-0.3, -0.25) is 0 Å². The molecule has 2 aliphatic rings. The van der Waals surface area contributed by atoms with Gasteiger partial charge in [0.2, 0.25) is 0 Å². The van der Waals surface area contributed by atoms with Crippen LogP contribution in [-0.2, 0) is 4.74 Å². The minimum Gasteiger partial charge on any atom is -0.381 e. The molecule has 2 fully saturated rings. The van der Waals surface area contributed by atoms with Crippen molar-refractivity contribution in [2.24, 2.45) is 11.7 Å². The van der Waals surface area contributed by atoms with Gasteiger partial charge in [-0.1, -0.05) is 12.5 Å². The highest BCUT2D eigenvalue weighted by atomic mass is 19.1. The number of nitriles is 1. The number of ether oxygens (including phenoxy) is 1. The Morgan fingerprint density at radius 1 is 1.08 bits per heavy atom. The van der Waals surface area contributed by atoms with E-state index < -0.39 is 5.82 Å². The van der Waals surface area contributed by atoms with Crippen LogP contribution in [-0.4, -0.2) is 48.7 Å². The lowest BCUT2D eigenvalue weighted by atomic mass is 9.86. The molecule has 5 rings (SSSR count). The van der Waals surface area contributed by atoms with E-state index in [-0.39, 0.29) is 11.6 Å². The van der Waals surface area contributed by atoms with Gasteiger partial charge >= 0.3 is 0 Å². The largest absolute Gasteiger partial charge is 0.381 e. The summed E-state index contributed by atoms with van der Waals surface area (Å²) >= 11 is 0. The molecule has 0 bridgehead atoms. The molecule has 1 aliphatic carbocycles. The summed E-state index contributed by atoms with van der Waals surface area (Å²) in [5.41, 5.74) is 9.70. The predicted molar refractivity (Wildman–Crippen MR) is 144 cm³/mol. The minimum atomic E-state index is -0.534. The van der Waals surface area contributed by atoms with Crippen molar-refractivity contribution in [3.8, 4) is 23.0 Å². The summed E-state index contributed by atoms with van der Waals surface area (Å²) in [4.78, 5) is 2.38. The van der Waals surface area contributed by atoms with E-state index >= 15 is 0 Å². The van der Waals surface area contributed by atoms with Crippen molar-refractivity contribution < 1.29 is 9.13 Å². The highest BCUT2D eigenvalue weighted by molar-refractivity contribution is 5.67. The Kier molecular flexibility index (Phi) is 7.73. The molecule has 3 N–H and O–H groups in total. The summed E-state index contributed by atoms with van der Waals surface area (Å²) < 4.78 is 21.9. The number of aromatic nitrogens is 2. The van der Waals surface area contributed by atoms with Crippen LogP contribution in [0.2, 0.25) is 0 Å². The third kappa shape index (κ3) is 5.79. The molecule has 1 aliphatic heterocycles. The Balaban J connectivity index is 1.40. The molecule has 1 saturated carbocycles. The summed E-state index contributed by atoms with van der Waals surface area (Å²) in [6.45, 7) is 2.74. The highest BCUT2D eigenvalue weighted by Gasteiger charge is 2.21. The number of rotatable bonds is 7. The number of nitrogens with zero attached hydrogens (tertiary/aromatic N) is 4. The Labute approximate surface area is 218 Å². The van der Waals surface area contributed by atoms with Crippen LogP contribution in [0, 0.1) is 23.1 Å². The lowest BCUT2D eigenvalue weighted by molar-refractivity contribution is 0.0819. The van der Waals surface area contributed by atoms with Gasteiger partial charge in [0, 0.05) is 50.1 Å².